The van der Waals surface area contributed by atoms with Crippen LogP contribution in [0.5, 0.6) is 0 Å². The van der Waals surface area contributed by atoms with E-state index in [4.69, 9.17) is 0 Å². The van der Waals surface area contributed by atoms with Crippen molar-refractivity contribution in [3.8, 4) is 0 Å². The standard InChI is InChI=1S/C14H14FNO/c1-10-2-3-12(15)9-13(10)14(17)8-11-4-6-16-7-5-11/h2-7,9,14,17H,8H2,1H3. The molecule has 0 aliphatic rings. The number of aromatic nitrogens is 1. The van der Waals surface area contributed by atoms with Gasteiger partial charge >= 0.3 is 0 Å². The van der Waals surface area contributed by atoms with E-state index in [1.807, 2.05) is 19.1 Å². The first kappa shape index (κ1) is 11.7. The van der Waals surface area contributed by atoms with Crippen LogP contribution in [-0.4, -0.2) is 10.1 Å². The van der Waals surface area contributed by atoms with E-state index >= 15 is 0 Å². The minimum Gasteiger partial charge on any atom is -0.388 e. The van der Waals surface area contributed by atoms with Crippen molar-refractivity contribution in [2.24, 2.45) is 0 Å². The zero-order chi connectivity index (χ0) is 12.3. The number of nitrogens with zero attached hydrogens (tertiary/aromatic N) is 1. The summed E-state index contributed by atoms with van der Waals surface area (Å²) in [5.41, 5.74) is 2.52. The van der Waals surface area contributed by atoms with E-state index in [2.05, 4.69) is 4.98 Å². The van der Waals surface area contributed by atoms with Gasteiger partial charge in [0.05, 0.1) is 6.10 Å². The van der Waals surface area contributed by atoms with E-state index in [0.29, 0.717) is 12.0 Å². The van der Waals surface area contributed by atoms with E-state index in [1.165, 1.54) is 12.1 Å². The third kappa shape index (κ3) is 2.88. The van der Waals surface area contributed by atoms with E-state index < -0.39 is 6.10 Å². The maximum absolute atomic E-state index is 13.1. The lowest BCUT2D eigenvalue weighted by molar-refractivity contribution is 0.177. The molecule has 1 aromatic carbocycles. The van der Waals surface area contributed by atoms with Gasteiger partial charge in [0.25, 0.3) is 0 Å². The van der Waals surface area contributed by atoms with Gasteiger partial charge in [-0.3, -0.25) is 4.98 Å². The van der Waals surface area contributed by atoms with Crippen LogP contribution in [0.4, 0.5) is 4.39 Å². The number of hydrogen-bond acceptors (Lipinski definition) is 2. The Morgan fingerprint density at radius 1 is 1.24 bits per heavy atom. The van der Waals surface area contributed by atoms with Crippen LogP contribution < -0.4 is 0 Å². The second kappa shape index (κ2) is 5.06. The topological polar surface area (TPSA) is 33.1 Å². The zero-order valence-electron chi connectivity index (χ0n) is 9.60. The Hall–Kier alpha value is -1.74. The normalized spacial score (nSPS) is 12.4. The molecule has 0 spiro atoms. The summed E-state index contributed by atoms with van der Waals surface area (Å²) in [4.78, 5) is 3.92. The maximum Gasteiger partial charge on any atom is 0.123 e. The number of aryl methyl sites for hydroxylation is 1. The van der Waals surface area contributed by atoms with Crippen molar-refractivity contribution in [1.82, 2.24) is 4.98 Å². The summed E-state index contributed by atoms with van der Waals surface area (Å²) in [6.07, 6.45) is 3.14. The number of benzene rings is 1. The van der Waals surface area contributed by atoms with Crippen molar-refractivity contribution in [3.05, 3.63) is 65.2 Å². The Labute approximate surface area is 99.8 Å². The molecule has 0 aliphatic heterocycles. The fraction of sp³-hybridized carbons (Fsp3) is 0.214. The van der Waals surface area contributed by atoms with Crippen LogP contribution in [0.15, 0.2) is 42.7 Å². The molecule has 0 fully saturated rings. The molecule has 0 saturated heterocycles. The molecule has 1 aromatic heterocycles. The van der Waals surface area contributed by atoms with Crippen molar-refractivity contribution in [3.63, 3.8) is 0 Å². The number of aliphatic hydroxyl groups is 1. The number of pyridine rings is 1. The lowest BCUT2D eigenvalue weighted by Gasteiger charge is -2.13. The largest absolute Gasteiger partial charge is 0.388 e. The van der Waals surface area contributed by atoms with Gasteiger partial charge in [-0.1, -0.05) is 6.07 Å². The van der Waals surface area contributed by atoms with Crippen LogP contribution in [0.2, 0.25) is 0 Å². The second-order valence-corrected chi connectivity index (χ2v) is 4.08. The SMILES string of the molecule is Cc1ccc(F)cc1C(O)Cc1ccncc1. The lowest BCUT2D eigenvalue weighted by atomic mass is 9.98. The van der Waals surface area contributed by atoms with E-state index in [9.17, 15) is 9.50 Å². The predicted octanol–water partition coefficient (Wildman–Crippen LogP) is 2.81. The Kier molecular flexibility index (Phi) is 3.49. The molecule has 0 saturated carbocycles. The van der Waals surface area contributed by atoms with E-state index in [1.54, 1.807) is 18.5 Å². The van der Waals surface area contributed by atoms with Crippen molar-refractivity contribution >= 4 is 0 Å². The van der Waals surface area contributed by atoms with Gasteiger partial charge in [-0.05, 0) is 47.9 Å². The molecule has 2 nitrogen and oxygen atoms in total. The molecule has 3 heteroatoms. The van der Waals surface area contributed by atoms with E-state index in [-0.39, 0.29) is 5.82 Å². The van der Waals surface area contributed by atoms with Gasteiger partial charge in [-0.2, -0.15) is 0 Å². The van der Waals surface area contributed by atoms with Crippen molar-refractivity contribution in [2.45, 2.75) is 19.4 Å². The van der Waals surface area contributed by atoms with Gasteiger partial charge in [-0.25, -0.2) is 4.39 Å². The Balaban J connectivity index is 2.20. The van der Waals surface area contributed by atoms with Crippen molar-refractivity contribution in [2.75, 3.05) is 0 Å². The predicted molar refractivity (Wildman–Crippen MR) is 64.0 cm³/mol. The fourth-order valence-corrected chi connectivity index (χ4v) is 1.82. The summed E-state index contributed by atoms with van der Waals surface area (Å²) in [7, 11) is 0. The summed E-state index contributed by atoms with van der Waals surface area (Å²) in [5.74, 6) is -0.320. The minimum atomic E-state index is -0.687. The number of rotatable bonds is 3. The second-order valence-electron chi connectivity index (χ2n) is 4.08. The maximum atomic E-state index is 13.1. The first-order valence-electron chi connectivity index (χ1n) is 5.50. The molecule has 0 bridgehead atoms. The molecule has 0 aliphatic carbocycles. The highest BCUT2D eigenvalue weighted by molar-refractivity contribution is 5.29. The van der Waals surface area contributed by atoms with Crippen LogP contribution in [0.1, 0.15) is 22.8 Å². The zero-order valence-corrected chi connectivity index (χ0v) is 9.60. The average molecular weight is 231 g/mol. The molecular formula is C14H14FNO. The summed E-state index contributed by atoms with van der Waals surface area (Å²) >= 11 is 0. The third-order valence-electron chi connectivity index (χ3n) is 2.78. The van der Waals surface area contributed by atoms with E-state index in [0.717, 1.165) is 11.1 Å². The molecule has 0 radical (unpaired) electrons. The van der Waals surface area contributed by atoms with Crippen LogP contribution in [0, 0.1) is 12.7 Å². The molecular weight excluding hydrogens is 217 g/mol. The molecule has 2 aromatic rings. The van der Waals surface area contributed by atoms with Gasteiger partial charge in [0.15, 0.2) is 0 Å². The summed E-state index contributed by atoms with van der Waals surface area (Å²) in [5, 5.41) is 10.1. The molecule has 1 atom stereocenters. The van der Waals surface area contributed by atoms with Crippen LogP contribution in [0.25, 0.3) is 0 Å². The van der Waals surface area contributed by atoms with Gasteiger partial charge in [0.1, 0.15) is 5.82 Å². The molecule has 88 valence electrons. The summed E-state index contributed by atoms with van der Waals surface area (Å²) in [6, 6.07) is 8.16. The molecule has 2 rings (SSSR count). The molecule has 0 amide bonds. The number of aliphatic hydroxyl groups excluding tert-OH is 1. The van der Waals surface area contributed by atoms with Crippen LogP contribution in [0.3, 0.4) is 0 Å². The van der Waals surface area contributed by atoms with Crippen molar-refractivity contribution in [1.29, 1.82) is 0 Å². The van der Waals surface area contributed by atoms with Crippen LogP contribution in [-0.2, 0) is 6.42 Å². The van der Waals surface area contributed by atoms with Gasteiger partial charge < -0.3 is 5.11 Å². The molecule has 1 unspecified atom stereocenters. The summed E-state index contributed by atoms with van der Waals surface area (Å²) in [6.45, 7) is 1.87. The van der Waals surface area contributed by atoms with Gasteiger partial charge in [0.2, 0.25) is 0 Å². The van der Waals surface area contributed by atoms with Crippen LogP contribution >= 0.6 is 0 Å². The highest BCUT2D eigenvalue weighted by Crippen LogP contribution is 2.22. The first-order valence-corrected chi connectivity index (χ1v) is 5.50. The smallest absolute Gasteiger partial charge is 0.123 e. The Bertz CT molecular complexity index is 499. The van der Waals surface area contributed by atoms with Gasteiger partial charge in [0, 0.05) is 18.8 Å². The first-order chi connectivity index (χ1) is 8.16. The Morgan fingerprint density at radius 2 is 1.94 bits per heavy atom. The molecule has 1 N–H and O–H groups in total. The number of halogens is 1. The molecule has 1 heterocycles. The Morgan fingerprint density at radius 3 is 2.65 bits per heavy atom. The average Bonchev–Trinajstić information content (AvgIpc) is 2.33. The molecule has 17 heavy (non-hydrogen) atoms. The summed E-state index contributed by atoms with van der Waals surface area (Å²) < 4.78 is 13.1. The monoisotopic (exact) mass is 231 g/mol. The minimum absolute atomic E-state index is 0.320. The quantitative estimate of drug-likeness (QED) is 0.881. The third-order valence-corrected chi connectivity index (χ3v) is 2.78. The number of hydrogen-bond donors (Lipinski definition) is 1. The van der Waals surface area contributed by atoms with Gasteiger partial charge in [-0.15, -0.1) is 0 Å². The fourth-order valence-electron chi connectivity index (χ4n) is 1.82. The highest BCUT2D eigenvalue weighted by Gasteiger charge is 2.12. The highest BCUT2D eigenvalue weighted by atomic mass is 19.1. The lowest BCUT2D eigenvalue weighted by Crippen LogP contribution is -2.04. The van der Waals surface area contributed by atoms with Crippen molar-refractivity contribution < 1.29 is 9.50 Å².